The van der Waals surface area contributed by atoms with Gasteiger partial charge >= 0.3 is 0 Å². The summed E-state index contributed by atoms with van der Waals surface area (Å²) in [6.45, 7) is 2.04. The molecule has 0 fully saturated rings. The Kier molecular flexibility index (Phi) is 3.76. The topological polar surface area (TPSA) is 68.5 Å². The van der Waals surface area contributed by atoms with Gasteiger partial charge in [0.1, 0.15) is 17.1 Å². The molecule has 126 valence electrons. The molecule has 2 aromatic carbocycles. The number of ketones is 1. The fourth-order valence-corrected chi connectivity index (χ4v) is 2.95. The Morgan fingerprint density at radius 1 is 1.20 bits per heavy atom. The van der Waals surface area contributed by atoms with E-state index in [-0.39, 0.29) is 11.7 Å². The van der Waals surface area contributed by atoms with Gasteiger partial charge in [0, 0.05) is 22.9 Å². The van der Waals surface area contributed by atoms with Crippen LogP contribution >= 0.6 is 0 Å². The lowest BCUT2D eigenvalue weighted by Crippen LogP contribution is -2.30. The number of hydrogen-bond donors (Lipinski definition) is 1. The van der Waals surface area contributed by atoms with Crippen molar-refractivity contribution < 1.29 is 18.7 Å². The molecule has 0 saturated carbocycles. The van der Waals surface area contributed by atoms with Crippen LogP contribution in [0, 0.1) is 0 Å². The van der Waals surface area contributed by atoms with E-state index >= 15 is 0 Å². The van der Waals surface area contributed by atoms with Gasteiger partial charge in [-0.05, 0) is 37.3 Å². The zero-order valence-electron chi connectivity index (χ0n) is 13.7. The van der Waals surface area contributed by atoms with E-state index in [9.17, 15) is 9.59 Å². The molecule has 0 saturated heterocycles. The predicted octanol–water partition coefficient (Wildman–Crippen LogP) is 3.26. The van der Waals surface area contributed by atoms with Crippen molar-refractivity contribution in [3.63, 3.8) is 0 Å². The number of carbonyl (C=O) groups is 2. The normalized spacial score (nSPS) is 16.4. The van der Waals surface area contributed by atoms with E-state index in [2.05, 4.69) is 5.32 Å². The molecule has 0 bridgehead atoms. The molecule has 0 spiro atoms. The van der Waals surface area contributed by atoms with Gasteiger partial charge in [-0.2, -0.15) is 0 Å². The van der Waals surface area contributed by atoms with Crippen molar-refractivity contribution >= 4 is 22.7 Å². The van der Waals surface area contributed by atoms with Crippen molar-refractivity contribution in [2.75, 3.05) is 0 Å². The first-order valence-electron chi connectivity index (χ1n) is 8.18. The van der Waals surface area contributed by atoms with Crippen molar-refractivity contribution in [1.29, 1.82) is 0 Å². The molecule has 1 amide bonds. The molecule has 0 aliphatic carbocycles. The smallest absolute Gasteiger partial charge is 0.251 e. The van der Waals surface area contributed by atoms with Crippen molar-refractivity contribution in [3.05, 3.63) is 65.4 Å². The van der Waals surface area contributed by atoms with Crippen molar-refractivity contribution in [2.45, 2.75) is 26.0 Å². The van der Waals surface area contributed by atoms with E-state index in [0.717, 1.165) is 16.5 Å². The molecule has 0 radical (unpaired) electrons. The number of Topliss-reactive ketones (excluding diaryl/α,β-unsaturated/α-hetero) is 1. The Morgan fingerprint density at radius 2 is 2.04 bits per heavy atom. The molecule has 1 N–H and O–H groups in total. The minimum atomic E-state index is -0.430. The maximum Gasteiger partial charge on any atom is 0.251 e. The first-order chi connectivity index (χ1) is 12.1. The Bertz CT molecular complexity index is 940. The minimum Gasteiger partial charge on any atom is -0.483 e. The molecule has 3 aromatic rings. The van der Waals surface area contributed by atoms with Gasteiger partial charge in [-0.1, -0.05) is 18.2 Å². The highest BCUT2D eigenvalue weighted by molar-refractivity contribution is 5.95. The fraction of sp³-hybridized carbons (Fsp3) is 0.200. The van der Waals surface area contributed by atoms with E-state index in [1.807, 2.05) is 30.3 Å². The highest BCUT2D eigenvalue weighted by atomic mass is 16.5. The number of benzene rings is 2. The van der Waals surface area contributed by atoms with Gasteiger partial charge in [-0.25, -0.2) is 0 Å². The number of rotatable bonds is 3. The Hall–Kier alpha value is -3.08. The summed E-state index contributed by atoms with van der Waals surface area (Å²) >= 11 is 0. The molecule has 5 nitrogen and oxygen atoms in total. The summed E-state index contributed by atoms with van der Waals surface area (Å²) in [6, 6.07) is 14.8. The number of hydrogen-bond acceptors (Lipinski definition) is 4. The zero-order valence-corrected chi connectivity index (χ0v) is 13.7. The molecule has 1 unspecified atom stereocenters. The van der Waals surface area contributed by atoms with Crippen LogP contribution in [0.4, 0.5) is 0 Å². The second-order valence-corrected chi connectivity index (χ2v) is 6.16. The van der Waals surface area contributed by atoms with Crippen LogP contribution in [0.3, 0.4) is 0 Å². The van der Waals surface area contributed by atoms with Crippen LogP contribution in [0.15, 0.2) is 52.9 Å². The minimum absolute atomic E-state index is 0.0207. The zero-order chi connectivity index (χ0) is 17.4. The summed E-state index contributed by atoms with van der Waals surface area (Å²) in [7, 11) is 0. The van der Waals surface area contributed by atoms with Gasteiger partial charge in [0.15, 0.2) is 11.9 Å². The number of ether oxygens (including phenoxy) is 1. The summed E-state index contributed by atoms with van der Waals surface area (Å²) in [5.74, 6) is 1.17. The number of amides is 1. The maximum absolute atomic E-state index is 12.4. The summed E-state index contributed by atoms with van der Waals surface area (Å²) in [5, 5.41) is 3.85. The van der Waals surface area contributed by atoms with E-state index in [1.165, 1.54) is 0 Å². The van der Waals surface area contributed by atoms with Gasteiger partial charge in [0.2, 0.25) is 0 Å². The lowest BCUT2D eigenvalue weighted by molar-refractivity contribution is -0.125. The van der Waals surface area contributed by atoms with Gasteiger partial charge in [0.05, 0.1) is 6.54 Å². The monoisotopic (exact) mass is 335 g/mol. The highest BCUT2D eigenvalue weighted by Gasteiger charge is 2.24. The maximum atomic E-state index is 12.4. The molecule has 4 rings (SSSR count). The number of fused-ring (bicyclic) bond motifs is 2. The van der Waals surface area contributed by atoms with Crippen LogP contribution in [-0.2, 0) is 17.8 Å². The molecule has 5 heteroatoms. The van der Waals surface area contributed by atoms with E-state index < -0.39 is 6.10 Å². The molecule has 1 aromatic heterocycles. The number of nitrogens with one attached hydrogen (secondary N) is 1. The molecule has 1 atom stereocenters. The van der Waals surface area contributed by atoms with Crippen molar-refractivity contribution in [1.82, 2.24) is 5.32 Å². The Morgan fingerprint density at radius 3 is 2.88 bits per heavy atom. The fourth-order valence-electron chi connectivity index (χ4n) is 2.95. The predicted molar refractivity (Wildman–Crippen MR) is 92.6 cm³/mol. The molecular weight excluding hydrogens is 318 g/mol. The largest absolute Gasteiger partial charge is 0.483 e. The van der Waals surface area contributed by atoms with Crippen LogP contribution in [-0.4, -0.2) is 17.8 Å². The van der Waals surface area contributed by atoms with Gasteiger partial charge in [-0.15, -0.1) is 0 Å². The Labute approximate surface area is 144 Å². The van der Waals surface area contributed by atoms with Crippen LogP contribution in [0.2, 0.25) is 0 Å². The summed E-state index contributed by atoms with van der Waals surface area (Å²) in [6.07, 6.45) is -0.137. The van der Waals surface area contributed by atoms with E-state index in [0.29, 0.717) is 30.0 Å². The lowest BCUT2D eigenvalue weighted by atomic mass is 9.99. The van der Waals surface area contributed by atoms with Crippen LogP contribution in [0.25, 0.3) is 11.0 Å². The van der Waals surface area contributed by atoms with Crippen LogP contribution in [0.5, 0.6) is 5.75 Å². The summed E-state index contributed by atoms with van der Waals surface area (Å²) in [5.41, 5.74) is 2.05. The standard InChI is InChI=1S/C20H17NO4/c1-12-17(22)10-15-8-14(6-7-19(15)24-12)20(23)21-11-16-9-13-4-2-3-5-18(13)25-16/h2-9,12H,10-11H2,1H3,(H,21,23). The molecule has 25 heavy (non-hydrogen) atoms. The second kappa shape index (κ2) is 6.09. The number of carbonyl (C=O) groups excluding carboxylic acids is 2. The first-order valence-corrected chi connectivity index (χ1v) is 8.18. The SMILES string of the molecule is CC1Oc2ccc(C(=O)NCc3cc4ccccc4o3)cc2CC1=O. The van der Waals surface area contributed by atoms with Gasteiger partial charge < -0.3 is 14.5 Å². The molecule has 1 aliphatic heterocycles. The van der Waals surface area contributed by atoms with E-state index in [1.54, 1.807) is 25.1 Å². The second-order valence-electron chi connectivity index (χ2n) is 6.16. The van der Waals surface area contributed by atoms with E-state index in [4.69, 9.17) is 9.15 Å². The lowest BCUT2D eigenvalue weighted by Gasteiger charge is -2.22. The Balaban J connectivity index is 1.48. The number of para-hydroxylation sites is 1. The van der Waals surface area contributed by atoms with Crippen LogP contribution in [0.1, 0.15) is 28.6 Å². The third kappa shape index (κ3) is 3.01. The molecule has 1 aliphatic rings. The third-order valence-corrected chi connectivity index (χ3v) is 4.34. The average Bonchev–Trinajstić information content (AvgIpc) is 3.03. The first kappa shape index (κ1) is 15.4. The number of furan rings is 1. The summed E-state index contributed by atoms with van der Waals surface area (Å²) in [4.78, 5) is 24.2. The molecular formula is C20H17NO4. The van der Waals surface area contributed by atoms with Crippen molar-refractivity contribution in [3.8, 4) is 5.75 Å². The quantitative estimate of drug-likeness (QED) is 0.798. The van der Waals surface area contributed by atoms with Crippen molar-refractivity contribution in [2.24, 2.45) is 0 Å². The third-order valence-electron chi connectivity index (χ3n) is 4.34. The van der Waals surface area contributed by atoms with Gasteiger partial charge in [-0.3, -0.25) is 9.59 Å². The highest BCUT2D eigenvalue weighted by Crippen LogP contribution is 2.27. The molecule has 2 heterocycles. The summed E-state index contributed by atoms with van der Waals surface area (Å²) < 4.78 is 11.2. The average molecular weight is 335 g/mol. The van der Waals surface area contributed by atoms with Crippen LogP contribution < -0.4 is 10.1 Å². The van der Waals surface area contributed by atoms with Gasteiger partial charge in [0.25, 0.3) is 5.91 Å².